The van der Waals surface area contributed by atoms with Gasteiger partial charge in [0.15, 0.2) is 15.0 Å². The van der Waals surface area contributed by atoms with E-state index in [0.717, 1.165) is 23.4 Å². The van der Waals surface area contributed by atoms with Gasteiger partial charge in [0, 0.05) is 24.9 Å². The van der Waals surface area contributed by atoms with Crippen LogP contribution in [-0.2, 0) is 9.84 Å². The maximum Gasteiger partial charge on any atom is 0.260 e. The first-order valence-electron chi connectivity index (χ1n) is 9.95. The summed E-state index contributed by atoms with van der Waals surface area (Å²) >= 11 is 1.34. The summed E-state index contributed by atoms with van der Waals surface area (Å²) in [5, 5.41) is 0.513. The highest BCUT2D eigenvalue weighted by Gasteiger charge is 2.24. The molecule has 160 valence electrons. The molecule has 30 heavy (non-hydrogen) atoms. The predicted molar refractivity (Wildman–Crippen MR) is 123 cm³/mol. The highest BCUT2D eigenvalue weighted by Crippen LogP contribution is 2.33. The Morgan fingerprint density at radius 3 is 2.30 bits per heavy atom. The molecule has 0 unspecified atom stereocenters. The lowest BCUT2D eigenvalue weighted by atomic mass is 10.1. The quantitative estimate of drug-likeness (QED) is 0.524. The molecular weight excluding hydrogens is 418 g/mol. The number of nitrogens with zero attached hydrogens (tertiary/aromatic N) is 3. The van der Waals surface area contributed by atoms with Crippen molar-refractivity contribution in [2.45, 2.75) is 25.7 Å². The van der Waals surface area contributed by atoms with Crippen molar-refractivity contribution in [2.75, 3.05) is 37.3 Å². The maximum absolute atomic E-state index is 13.4. The average Bonchev–Trinajstić information content (AvgIpc) is 3.14. The summed E-state index contributed by atoms with van der Waals surface area (Å²) in [6.45, 7) is 9.12. The fraction of sp³-hybridized carbons (Fsp3) is 0.364. The standard InChI is InChI=1S/C22H27N3O3S2/c1-5-24(6-2)14-15-25(21(26)17-12-10-16(3)11-13-17)22-23-20-18(29-22)8-7-9-19(20)30(4,27)28/h7-13H,5-6,14-15H2,1-4H3. The Labute approximate surface area is 182 Å². The molecule has 0 fully saturated rings. The summed E-state index contributed by atoms with van der Waals surface area (Å²) < 4.78 is 25.1. The van der Waals surface area contributed by atoms with Crippen molar-refractivity contribution in [2.24, 2.45) is 0 Å². The van der Waals surface area contributed by atoms with Crippen LogP contribution in [0.4, 0.5) is 5.13 Å². The van der Waals surface area contributed by atoms with Gasteiger partial charge in [-0.1, -0.05) is 48.9 Å². The molecule has 0 saturated carbocycles. The van der Waals surface area contributed by atoms with E-state index in [1.54, 1.807) is 17.0 Å². The maximum atomic E-state index is 13.4. The molecule has 0 spiro atoms. The van der Waals surface area contributed by atoms with Crippen LogP contribution in [0.3, 0.4) is 0 Å². The zero-order valence-corrected chi connectivity index (χ0v) is 19.4. The molecule has 3 rings (SSSR count). The third-order valence-corrected chi connectivity index (χ3v) is 7.25. The number of aromatic nitrogens is 1. The van der Waals surface area contributed by atoms with E-state index in [0.29, 0.717) is 29.3 Å². The van der Waals surface area contributed by atoms with Crippen LogP contribution < -0.4 is 4.90 Å². The number of sulfone groups is 1. The molecule has 0 radical (unpaired) electrons. The number of thiazole rings is 1. The normalized spacial score (nSPS) is 11.9. The number of benzene rings is 2. The van der Waals surface area contributed by atoms with Crippen molar-refractivity contribution in [1.29, 1.82) is 0 Å². The first kappa shape index (κ1) is 22.4. The second kappa shape index (κ2) is 9.24. The number of rotatable bonds is 8. The Morgan fingerprint density at radius 1 is 1.03 bits per heavy atom. The Balaban J connectivity index is 2.05. The number of carbonyl (C=O) groups is 1. The van der Waals surface area contributed by atoms with Crippen LogP contribution in [0.15, 0.2) is 47.4 Å². The molecule has 1 aromatic heterocycles. The molecule has 6 nitrogen and oxygen atoms in total. The predicted octanol–water partition coefficient (Wildman–Crippen LogP) is 4.00. The fourth-order valence-corrected chi connectivity index (χ4v) is 5.16. The monoisotopic (exact) mass is 445 g/mol. The number of likely N-dealkylation sites (N-methyl/N-ethyl adjacent to an activating group) is 1. The van der Waals surface area contributed by atoms with Crippen molar-refractivity contribution in [1.82, 2.24) is 9.88 Å². The van der Waals surface area contributed by atoms with Crippen molar-refractivity contribution < 1.29 is 13.2 Å². The lowest BCUT2D eigenvalue weighted by Gasteiger charge is -2.24. The summed E-state index contributed by atoms with van der Waals surface area (Å²) in [6, 6.07) is 12.6. The molecule has 1 heterocycles. The number of carbonyl (C=O) groups excluding carboxylic acids is 1. The first-order chi connectivity index (χ1) is 14.2. The van der Waals surface area contributed by atoms with Gasteiger partial charge < -0.3 is 4.90 Å². The summed E-state index contributed by atoms with van der Waals surface area (Å²) in [5.41, 5.74) is 2.09. The van der Waals surface area contributed by atoms with Crippen LogP contribution in [0, 0.1) is 6.92 Å². The van der Waals surface area contributed by atoms with E-state index in [2.05, 4.69) is 23.7 Å². The van der Waals surface area contributed by atoms with Gasteiger partial charge in [0.2, 0.25) is 0 Å². The minimum Gasteiger partial charge on any atom is -0.302 e. The summed E-state index contributed by atoms with van der Waals surface area (Å²) in [6.07, 6.45) is 1.18. The van der Waals surface area contributed by atoms with Gasteiger partial charge in [-0.25, -0.2) is 13.4 Å². The number of anilines is 1. The Hall–Kier alpha value is -2.29. The molecular formula is C22H27N3O3S2. The number of amides is 1. The van der Waals surface area contributed by atoms with Gasteiger partial charge >= 0.3 is 0 Å². The lowest BCUT2D eigenvalue weighted by molar-refractivity contribution is 0.0984. The molecule has 0 aliphatic carbocycles. The van der Waals surface area contributed by atoms with E-state index in [-0.39, 0.29) is 10.8 Å². The largest absolute Gasteiger partial charge is 0.302 e. The third-order valence-electron chi connectivity index (χ3n) is 5.08. The van der Waals surface area contributed by atoms with E-state index in [4.69, 9.17) is 0 Å². The zero-order valence-electron chi connectivity index (χ0n) is 17.8. The molecule has 0 bridgehead atoms. The van der Waals surface area contributed by atoms with Crippen molar-refractivity contribution in [3.63, 3.8) is 0 Å². The van der Waals surface area contributed by atoms with Gasteiger partial charge in [0.05, 0.1) is 9.60 Å². The van der Waals surface area contributed by atoms with Crippen LogP contribution in [0.1, 0.15) is 29.8 Å². The SMILES string of the molecule is CCN(CC)CCN(C(=O)c1ccc(C)cc1)c1nc2c(S(C)(=O)=O)cccc2s1. The lowest BCUT2D eigenvalue weighted by Crippen LogP contribution is -2.38. The van der Waals surface area contributed by atoms with Crippen LogP contribution >= 0.6 is 11.3 Å². The summed E-state index contributed by atoms with van der Waals surface area (Å²) in [7, 11) is -3.42. The second-order valence-corrected chi connectivity index (χ2v) is 10.2. The highest BCUT2D eigenvalue weighted by atomic mass is 32.2. The van der Waals surface area contributed by atoms with Gasteiger partial charge in [0.25, 0.3) is 5.91 Å². The molecule has 3 aromatic rings. The van der Waals surface area contributed by atoms with Gasteiger partial charge in [-0.2, -0.15) is 0 Å². The van der Waals surface area contributed by atoms with E-state index in [1.165, 1.54) is 17.6 Å². The van der Waals surface area contributed by atoms with Crippen LogP contribution in [0.5, 0.6) is 0 Å². The van der Waals surface area contributed by atoms with Gasteiger partial charge in [-0.3, -0.25) is 9.69 Å². The van der Waals surface area contributed by atoms with E-state index in [1.807, 2.05) is 37.3 Å². The van der Waals surface area contributed by atoms with Crippen molar-refractivity contribution in [3.8, 4) is 0 Å². The zero-order chi connectivity index (χ0) is 21.9. The van der Waals surface area contributed by atoms with E-state index in [9.17, 15) is 13.2 Å². The molecule has 0 saturated heterocycles. The van der Waals surface area contributed by atoms with Gasteiger partial charge in [-0.05, 0) is 44.3 Å². The first-order valence-corrected chi connectivity index (χ1v) is 12.7. The molecule has 0 aliphatic heterocycles. The molecule has 0 atom stereocenters. The van der Waals surface area contributed by atoms with Crippen LogP contribution in [0.2, 0.25) is 0 Å². The number of aryl methyl sites for hydroxylation is 1. The average molecular weight is 446 g/mol. The molecule has 0 aliphatic rings. The Morgan fingerprint density at radius 2 is 1.70 bits per heavy atom. The Kier molecular flexibility index (Phi) is 6.90. The van der Waals surface area contributed by atoms with Crippen molar-refractivity contribution in [3.05, 3.63) is 53.6 Å². The van der Waals surface area contributed by atoms with Crippen LogP contribution in [0.25, 0.3) is 10.2 Å². The third kappa shape index (κ3) is 4.88. The number of hydrogen-bond donors (Lipinski definition) is 0. The molecule has 0 N–H and O–H groups in total. The number of para-hydroxylation sites is 1. The molecule has 2 aromatic carbocycles. The topological polar surface area (TPSA) is 70.6 Å². The Bertz CT molecular complexity index is 1130. The highest BCUT2D eigenvalue weighted by molar-refractivity contribution is 7.91. The number of fused-ring (bicyclic) bond motifs is 1. The molecule has 1 amide bonds. The van der Waals surface area contributed by atoms with Crippen LogP contribution in [-0.4, -0.2) is 56.6 Å². The minimum atomic E-state index is -3.42. The van der Waals surface area contributed by atoms with Crippen molar-refractivity contribution >= 4 is 42.4 Å². The van der Waals surface area contributed by atoms with Gasteiger partial charge in [0.1, 0.15) is 5.52 Å². The molecule has 8 heteroatoms. The van der Waals surface area contributed by atoms with E-state index >= 15 is 0 Å². The second-order valence-electron chi connectivity index (χ2n) is 7.22. The van der Waals surface area contributed by atoms with E-state index < -0.39 is 9.84 Å². The fourth-order valence-electron chi connectivity index (χ4n) is 3.24. The summed E-state index contributed by atoms with van der Waals surface area (Å²) in [4.78, 5) is 22.1. The smallest absolute Gasteiger partial charge is 0.260 e. The van der Waals surface area contributed by atoms with Gasteiger partial charge in [-0.15, -0.1) is 0 Å². The number of hydrogen-bond acceptors (Lipinski definition) is 6. The summed E-state index contributed by atoms with van der Waals surface area (Å²) in [5.74, 6) is -0.137. The minimum absolute atomic E-state index is 0.137.